The van der Waals surface area contributed by atoms with Crippen LogP contribution in [0.1, 0.15) is 25.5 Å². The van der Waals surface area contributed by atoms with Gasteiger partial charge in [0.05, 0.1) is 0 Å². The first-order valence-corrected chi connectivity index (χ1v) is 6.65. The normalized spacial score (nSPS) is 10.7. The van der Waals surface area contributed by atoms with Crippen LogP contribution < -0.4 is 10.9 Å². The number of nitrogens with zero attached hydrogens (tertiary/aromatic N) is 2. The second-order valence-electron chi connectivity index (χ2n) is 4.50. The maximum absolute atomic E-state index is 12.2. The van der Waals surface area contributed by atoms with Crippen molar-refractivity contribution in [3.8, 4) is 0 Å². The molecule has 100 valence electrons. The van der Waals surface area contributed by atoms with Gasteiger partial charge >= 0.3 is 0 Å². The summed E-state index contributed by atoms with van der Waals surface area (Å²) in [5.74, 6) is 0.697. The van der Waals surface area contributed by atoms with E-state index in [1.165, 1.54) is 0 Å². The van der Waals surface area contributed by atoms with Gasteiger partial charge in [-0.15, -0.1) is 11.6 Å². The highest BCUT2D eigenvalue weighted by Crippen LogP contribution is 2.19. The lowest BCUT2D eigenvalue weighted by atomic mass is 10.2. The first-order chi connectivity index (χ1) is 9.13. The van der Waals surface area contributed by atoms with Crippen LogP contribution >= 0.6 is 11.6 Å². The molecule has 0 spiro atoms. The monoisotopic (exact) mass is 277 g/mol. The van der Waals surface area contributed by atoms with Crippen molar-refractivity contribution in [1.82, 2.24) is 9.55 Å². The molecule has 1 aromatic heterocycles. The smallest absolute Gasteiger partial charge is 0.293 e. The van der Waals surface area contributed by atoms with Crippen LogP contribution in [0.2, 0.25) is 0 Å². The van der Waals surface area contributed by atoms with Crippen molar-refractivity contribution in [3.05, 3.63) is 52.6 Å². The third-order valence-corrected chi connectivity index (χ3v) is 3.13. The fraction of sp³-hybridized carbons (Fsp3) is 0.286. The van der Waals surface area contributed by atoms with Crippen molar-refractivity contribution in [2.24, 2.45) is 0 Å². The van der Waals surface area contributed by atoms with Crippen molar-refractivity contribution < 1.29 is 0 Å². The van der Waals surface area contributed by atoms with E-state index in [-0.39, 0.29) is 11.6 Å². The Hall–Kier alpha value is -1.81. The molecule has 1 N–H and O–H groups in total. The van der Waals surface area contributed by atoms with Gasteiger partial charge in [-0.05, 0) is 25.5 Å². The van der Waals surface area contributed by atoms with Crippen LogP contribution in [0.25, 0.3) is 0 Å². The van der Waals surface area contributed by atoms with Crippen LogP contribution in [0.5, 0.6) is 0 Å². The largest absolute Gasteiger partial charge is 0.335 e. The molecule has 0 unspecified atom stereocenters. The van der Waals surface area contributed by atoms with Gasteiger partial charge < -0.3 is 9.88 Å². The zero-order valence-electron chi connectivity index (χ0n) is 10.9. The summed E-state index contributed by atoms with van der Waals surface area (Å²) in [4.78, 5) is 16.3. The molecule has 0 saturated carbocycles. The Morgan fingerprint density at radius 2 is 2.11 bits per heavy atom. The summed E-state index contributed by atoms with van der Waals surface area (Å²) in [7, 11) is 0. The molecular weight excluding hydrogens is 262 g/mol. The molecule has 0 atom stereocenters. The van der Waals surface area contributed by atoms with E-state index in [0.29, 0.717) is 11.7 Å². The zero-order chi connectivity index (χ0) is 13.8. The maximum atomic E-state index is 12.2. The van der Waals surface area contributed by atoms with Gasteiger partial charge in [0.25, 0.3) is 5.56 Å². The van der Waals surface area contributed by atoms with E-state index in [1.807, 2.05) is 38.1 Å². The fourth-order valence-electron chi connectivity index (χ4n) is 1.80. The Labute approximate surface area is 117 Å². The number of rotatable bonds is 4. The molecule has 0 aliphatic carbocycles. The predicted molar refractivity (Wildman–Crippen MR) is 78.2 cm³/mol. The summed E-state index contributed by atoms with van der Waals surface area (Å²) in [6, 6.07) is 7.69. The molecule has 4 nitrogen and oxygen atoms in total. The number of halogens is 1. The maximum Gasteiger partial charge on any atom is 0.293 e. The third kappa shape index (κ3) is 2.96. The Balaban J connectivity index is 2.39. The average Bonchev–Trinajstić information content (AvgIpc) is 2.41. The highest BCUT2D eigenvalue weighted by molar-refractivity contribution is 6.17. The molecule has 5 heteroatoms. The minimum absolute atomic E-state index is 0.0966. The van der Waals surface area contributed by atoms with E-state index in [9.17, 15) is 4.79 Å². The SMILES string of the molecule is CC(C)n1ccnc(Nc2ccccc2CCl)c1=O. The van der Waals surface area contributed by atoms with Crippen LogP contribution in [0.3, 0.4) is 0 Å². The van der Waals surface area contributed by atoms with Gasteiger partial charge in [-0.1, -0.05) is 18.2 Å². The Kier molecular flexibility index (Phi) is 4.22. The topological polar surface area (TPSA) is 46.9 Å². The fourth-order valence-corrected chi connectivity index (χ4v) is 2.04. The van der Waals surface area contributed by atoms with Crippen LogP contribution in [-0.2, 0) is 5.88 Å². The highest BCUT2D eigenvalue weighted by Gasteiger charge is 2.09. The summed E-state index contributed by atoms with van der Waals surface area (Å²) >= 11 is 5.88. The van der Waals surface area contributed by atoms with Crippen molar-refractivity contribution in [2.45, 2.75) is 25.8 Å². The molecule has 0 bridgehead atoms. The number of anilines is 2. The van der Waals surface area contributed by atoms with Gasteiger partial charge in [-0.3, -0.25) is 4.79 Å². The summed E-state index contributed by atoms with van der Waals surface area (Å²) in [6.45, 7) is 3.91. The first kappa shape index (κ1) is 13.6. The molecule has 0 fully saturated rings. The number of para-hydroxylation sites is 1. The van der Waals surface area contributed by atoms with E-state index >= 15 is 0 Å². The predicted octanol–water partition coefficient (Wildman–Crippen LogP) is 3.31. The average molecular weight is 278 g/mol. The number of hydrogen-bond donors (Lipinski definition) is 1. The number of hydrogen-bond acceptors (Lipinski definition) is 3. The molecule has 0 aliphatic heterocycles. The number of alkyl halides is 1. The molecule has 2 aromatic rings. The Morgan fingerprint density at radius 1 is 1.37 bits per heavy atom. The second kappa shape index (κ2) is 5.89. The lowest BCUT2D eigenvalue weighted by Crippen LogP contribution is -2.24. The zero-order valence-corrected chi connectivity index (χ0v) is 11.7. The van der Waals surface area contributed by atoms with Gasteiger partial charge in [0.15, 0.2) is 5.82 Å². The Bertz CT molecular complexity index is 622. The molecule has 0 amide bonds. The molecular formula is C14H16ClN3O. The quantitative estimate of drug-likeness (QED) is 0.872. The van der Waals surface area contributed by atoms with E-state index in [4.69, 9.17) is 11.6 Å². The Morgan fingerprint density at radius 3 is 2.79 bits per heavy atom. The number of aromatic nitrogens is 2. The summed E-state index contributed by atoms with van der Waals surface area (Å²) in [5, 5.41) is 3.06. The molecule has 0 saturated heterocycles. The van der Waals surface area contributed by atoms with Crippen molar-refractivity contribution in [3.63, 3.8) is 0 Å². The lowest BCUT2D eigenvalue weighted by Gasteiger charge is -2.13. The lowest BCUT2D eigenvalue weighted by molar-refractivity contribution is 0.576. The molecule has 0 aliphatic rings. The van der Waals surface area contributed by atoms with E-state index < -0.39 is 0 Å². The number of nitrogens with one attached hydrogen (secondary N) is 1. The van der Waals surface area contributed by atoms with Crippen LogP contribution in [0, 0.1) is 0 Å². The second-order valence-corrected chi connectivity index (χ2v) is 4.77. The van der Waals surface area contributed by atoms with Crippen LogP contribution in [0.4, 0.5) is 11.5 Å². The van der Waals surface area contributed by atoms with Gasteiger partial charge in [-0.25, -0.2) is 4.98 Å². The van der Waals surface area contributed by atoms with Crippen molar-refractivity contribution >= 4 is 23.1 Å². The molecule has 2 rings (SSSR count). The summed E-state index contributed by atoms with van der Waals surface area (Å²) in [5.41, 5.74) is 1.61. The van der Waals surface area contributed by atoms with Crippen molar-refractivity contribution in [2.75, 3.05) is 5.32 Å². The summed E-state index contributed by atoms with van der Waals surface area (Å²) in [6.07, 6.45) is 3.30. The standard InChI is InChI=1S/C14H16ClN3O/c1-10(2)18-8-7-16-13(14(18)19)17-12-6-4-3-5-11(12)9-15/h3-8,10H,9H2,1-2H3,(H,16,17). The van der Waals surface area contributed by atoms with Crippen LogP contribution in [0.15, 0.2) is 41.5 Å². The number of benzene rings is 1. The van der Waals surface area contributed by atoms with E-state index in [1.54, 1.807) is 17.0 Å². The van der Waals surface area contributed by atoms with Gasteiger partial charge in [-0.2, -0.15) is 0 Å². The van der Waals surface area contributed by atoms with E-state index in [2.05, 4.69) is 10.3 Å². The third-order valence-electron chi connectivity index (χ3n) is 2.84. The molecule has 1 aromatic carbocycles. The van der Waals surface area contributed by atoms with Gasteiger partial charge in [0.2, 0.25) is 0 Å². The molecule has 0 radical (unpaired) electrons. The molecule has 19 heavy (non-hydrogen) atoms. The minimum Gasteiger partial charge on any atom is -0.335 e. The van der Waals surface area contributed by atoms with Gasteiger partial charge in [0.1, 0.15) is 0 Å². The highest BCUT2D eigenvalue weighted by atomic mass is 35.5. The summed E-state index contributed by atoms with van der Waals surface area (Å²) < 4.78 is 1.64. The first-order valence-electron chi connectivity index (χ1n) is 6.11. The minimum atomic E-state index is -0.137. The van der Waals surface area contributed by atoms with Crippen LogP contribution in [-0.4, -0.2) is 9.55 Å². The molecule has 1 heterocycles. The van der Waals surface area contributed by atoms with Gasteiger partial charge in [0, 0.05) is 30.0 Å². The van der Waals surface area contributed by atoms with Crippen molar-refractivity contribution in [1.29, 1.82) is 0 Å². The van der Waals surface area contributed by atoms with E-state index in [0.717, 1.165) is 11.3 Å².